The van der Waals surface area contributed by atoms with E-state index in [4.69, 9.17) is 5.11 Å². The first kappa shape index (κ1) is 18.1. The molecule has 0 aromatic heterocycles. The van der Waals surface area contributed by atoms with Crippen LogP contribution in [-0.4, -0.2) is 51.5 Å². The zero-order valence-corrected chi connectivity index (χ0v) is 14.0. The summed E-state index contributed by atoms with van der Waals surface area (Å²) >= 11 is 0. The largest absolute Gasteiger partial charge is 0.479 e. The van der Waals surface area contributed by atoms with Crippen molar-refractivity contribution in [2.24, 2.45) is 0 Å². The van der Waals surface area contributed by atoms with Gasteiger partial charge < -0.3 is 15.1 Å². The number of Topliss-reactive ketones (excluding diaryl/α,β-unsaturated/α-hetero) is 1. The maximum absolute atomic E-state index is 12.3. The zero-order valence-electron chi connectivity index (χ0n) is 14.0. The van der Waals surface area contributed by atoms with Crippen LogP contribution in [0.3, 0.4) is 0 Å². The first-order chi connectivity index (χ1) is 11.2. The van der Waals surface area contributed by atoms with Gasteiger partial charge in [0.1, 0.15) is 0 Å². The summed E-state index contributed by atoms with van der Waals surface area (Å²) in [6.07, 6.45) is 0.249. The van der Waals surface area contributed by atoms with E-state index in [0.29, 0.717) is 5.56 Å². The Balaban J connectivity index is 1.89. The van der Waals surface area contributed by atoms with E-state index in [-0.39, 0.29) is 50.5 Å². The highest BCUT2D eigenvalue weighted by Crippen LogP contribution is 2.23. The number of piperidine rings is 1. The number of benzene rings is 1. The Morgan fingerprint density at radius 3 is 2.33 bits per heavy atom. The van der Waals surface area contributed by atoms with Crippen molar-refractivity contribution in [1.29, 1.82) is 0 Å². The molecule has 2 N–H and O–H groups in total. The molecule has 1 fully saturated rings. The Hall–Kier alpha value is -2.21. The number of aliphatic carboxylic acids is 1. The van der Waals surface area contributed by atoms with Gasteiger partial charge in [-0.1, -0.05) is 17.7 Å². The number of hydrogen-bond acceptors (Lipinski definition) is 4. The van der Waals surface area contributed by atoms with Crippen LogP contribution in [0.1, 0.15) is 47.2 Å². The van der Waals surface area contributed by atoms with E-state index in [1.807, 2.05) is 32.0 Å². The minimum atomic E-state index is -1.74. The fourth-order valence-corrected chi connectivity index (χ4v) is 2.89. The third-order valence-electron chi connectivity index (χ3n) is 4.60. The molecule has 1 heterocycles. The zero-order chi connectivity index (χ0) is 17.9. The minimum absolute atomic E-state index is 0.0129. The summed E-state index contributed by atoms with van der Waals surface area (Å²) in [6.45, 7) is 4.17. The average molecular weight is 333 g/mol. The number of amides is 1. The number of rotatable bonds is 5. The molecule has 0 unspecified atom stereocenters. The molecule has 1 aromatic rings. The second-order valence-electron chi connectivity index (χ2n) is 6.46. The van der Waals surface area contributed by atoms with Crippen LogP contribution in [0.2, 0.25) is 0 Å². The van der Waals surface area contributed by atoms with E-state index in [9.17, 15) is 19.5 Å². The van der Waals surface area contributed by atoms with Crippen LogP contribution in [-0.2, 0) is 9.59 Å². The van der Waals surface area contributed by atoms with E-state index in [1.54, 1.807) is 0 Å². The number of carbonyl (C=O) groups excluding carboxylic acids is 2. The van der Waals surface area contributed by atoms with Crippen molar-refractivity contribution in [3.8, 4) is 0 Å². The van der Waals surface area contributed by atoms with Gasteiger partial charge >= 0.3 is 5.97 Å². The van der Waals surface area contributed by atoms with E-state index in [0.717, 1.165) is 11.1 Å². The van der Waals surface area contributed by atoms with Crippen molar-refractivity contribution in [1.82, 2.24) is 4.90 Å². The van der Waals surface area contributed by atoms with Crippen molar-refractivity contribution in [3.05, 3.63) is 34.9 Å². The Morgan fingerprint density at radius 2 is 1.75 bits per heavy atom. The first-order valence-electron chi connectivity index (χ1n) is 8.07. The summed E-state index contributed by atoms with van der Waals surface area (Å²) in [7, 11) is 0. The number of aliphatic hydroxyl groups is 1. The fourth-order valence-electron chi connectivity index (χ4n) is 2.89. The van der Waals surface area contributed by atoms with Crippen LogP contribution in [0, 0.1) is 13.8 Å². The normalized spacial score (nSPS) is 16.7. The summed E-state index contributed by atoms with van der Waals surface area (Å²) in [4.78, 5) is 37.0. The van der Waals surface area contributed by atoms with E-state index in [1.165, 1.54) is 4.90 Å². The maximum Gasteiger partial charge on any atom is 0.335 e. The van der Waals surface area contributed by atoms with Crippen molar-refractivity contribution >= 4 is 17.7 Å². The molecule has 0 radical (unpaired) electrons. The summed E-state index contributed by atoms with van der Waals surface area (Å²) in [6, 6.07) is 5.66. The summed E-state index contributed by atoms with van der Waals surface area (Å²) in [5.74, 6) is -1.50. The van der Waals surface area contributed by atoms with Crippen LogP contribution in [0.4, 0.5) is 0 Å². The van der Waals surface area contributed by atoms with E-state index >= 15 is 0 Å². The molecule has 0 saturated carbocycles. The van der Waals surface area contributed by atoms with Gasteiger partial charge in [-0.05, 0) is 25.5 Å². The molecule has 1 amide bonds. The third-order valence-corrected chi connectivity index (χ3v) is 4.60. The highest BCUT2D eigenvalue weighted by Gasteiger charge is 2.40. The Labute approximate surface area is 141 Å². The van der Waals surface area contributed by atoms with Gasteiger partial charge in [-0.15, -0.1) is 0 Å². The molecular weight excluding hydrogens is 310 g/mol. The molecular formula is C18H23NO5. The Morgan fingerprint density at radius 1 is 1.12 bits per heavy atom. The van der Waals surface area contributed by atoms with Crippen LogP contribution in [0.15, 0.2) is 18.2 Å². The van der Waals surface area contributed by atoms with Gasteiger partial charge in [0.05, 0.1) is 0 Å². The molecule has 1 aliphatic rings. The maximum atomic E-state index is 12.3. The molecule has 6 heteroatoms. The monoisotopic (exact) mass is 333 g/mol. The lowest BCUT2D eigenvalue weighted by Crippen LogP contribution is -2.50. The van der Waals surface area contributed by atoms with Crippen molar-refractivity contribution in [2.45, 2.75) is 45.1 Å². The smallest absolute Gasteiger partial charge is 0.335 e. The molecule has 0 bridgehead atoms. The topological polar surface area (TPSA) is 94.9 Å². The van der Waals surface area contributed by atoms with Gasteiger partial charge in [-0.2, -0.15) is 0 Å². The van der Waals surface area contributed by atoms with Gasteiger partial charge in [-0.3, -0.25) is 9.59 Å². The van der Waals surface area contributed by atoms with Gasteiger partial charge in [0.15, 0.2) is 11.4 Å². The molecule has 1 saturated heterocycles. The van der Waals surface area contributed by atoms with Crippen LogP contribution >= 0.6 is 0 Å². The first-order valence-corrected chi connectivity index (χ1v) is 8.07. The second kappa shape index (κ2) is 7.13. The molecule has 1 aliphatic heterocycles. The number of carboxylic acids is 1. The molecule has 2 rings (SSSR count). The predicted octanol–water partition coefficient (Wildman–Crippen LogP) is 1.70. The molecule has 6 nitrogen and oxygen atoms in total. The number of likely N-dealkylation sites (tertiary alicyclic amines) is 1. The number of nitrogens with zero attached hydrogens (tertiary/aromatic N) is 1. The van der Waals surface area contributed by atoms with Gasteiger partial charge in [-0.25, -0.2) is 4.79 Å². The van der Waals surface area contributed by atoms with E-state index < -0.39 is 11.6 Å². The number of carbonyl (C=O) groups is 3. The SMILES string of the molecule is Cc1ccc(C)c(C(=O)CCC(=O)N2CCC(O)(C(=O)O)CC2)c1. The summed E-state index contributed by atoms with van der Waals surface area (Å²) in [5.41, 5.74) is 0.786. The van der Waals surface area contributed by atoms with Crippen LogP contribution in [0.25, 0.3) is 0 Å². The van der Waals surface area contributed by atoms with Gasteiger partial charge in [0, 0.05) is 44.3 Å². The molecule has 0 atom stereocenters. The number of aryl methyl sites for hydroxylation is 2. The number of carboxylic acid groups (broad SMARTS) is 1. The Bertz CT molecular complexity index is 659. The lowest BCUT2D eigenvalue weighted by molar-refractivity contribution is -0.165. The number of ketones is 1. The average Bonchev–Trinajstić information content (AvgIpc) is 2.55. The lowest BCUT2D eigenvalue weighted by atomic mass is 9.91. The molecule has 0 aliphatic carbocycles. The number of hydrogen-bond donors (Lipinski definition) is 2. The predicted molar refractivity (Wildman–Crippen MR) is 87.9 cm³/mol. The third kappa shape index (κ3) is 4.00. The minimum Gasteiger partial charge on any atom is -0.479 e. The Kier molecular flexibility index (Phi) is 5.39. The van der Waals surface area contributed by atoms with Gasteiger partial charge in [0.25, 0.3) is 0 Å². The van der Waals surface area contributed by atoms with Gasteiger partial charge in [0.2, 0.25) is 5.91 Å². The fraction of sp³-hybridized carbons (Fsp3) is 0.500. The summed E-state index contributed by atoms with van der Waals surface area (Å²) < 4.78 is 0. The van der Waals surface area contributed by atoms with Crippen LogP contribution in [0.5, 0.6) is 0 Å². The quantitative estimate of drug-likeness (QED) is 0.800. The van der Waals surface area contributed by atoms with Crippen molar-refractivity contribution in [3.63, 3.8) is 0 Å². The van der Waals surface area contributed by atoms with Crippen LogP contribution < -0.4 is 0 Å². The molecule has 130 valence electrons. The standard InChI is InChI=1S/C18H23NO5/c1-12-3-4-13(2)14(11-12)15(20)5-6-16(21)19-9-7-18(24,8-10-19)17(22)23/h3-4,11,24H,5-10H2,1-2H3,(H,22,23). The molecule has 24 heavy (non-hydrogen) atoms. The lowest BCUT2D eigenvalue weighted by Gasteiger charge is -2.35. The highest BCUT2D eigenvalue weighted by atomic mass is 16.4. The summed E-state index contributed by atoms with van der Waals surface area (Å²) in [5, 5.41) is 18.9. The second-order valence-corrected chi connectivity index (χ2v) is 6.46. The van der Waals surface area contributed by atoms with E-state index in [2.05, 4.69) is 0 Å². The molecule has 1 aromatic carbocycles. The molecule has 0 spiro atoms. The van der Waals surface area contributed by atoms with Crippen molar-refractivity contribution in [2.75, 3.05) is 13.1 Å². The highest BCUT2D eigenvalue weighted by molar-refractivity contribution is 5.99. The van der Waals surface area contributed by atoms with Crippen molar-refractivity contribution < 1.29 is 24.6 Å².